The molecule has 2 N–H and O–H groups in total. The van der Waals surface area contributed by atoms with Crippen molar-refractivity contribution in [2.24, 2.45) is 5.92 Å². The van der Waals surface area contributed by atoms with Gasteiger partial charge in [0.2, 0.25) is 0 Å². The number of hydrogen-bond acceptors (Lipinski definition) is 6. The fraction of sp³-hybridized carbons (Fsp3) is 0.371. The van der Waals surface area contributed by atoms with Crippen molar-refractivity contribution in [3.63, 3.8) is 0 Å². The number of aromatic amines is 1. The number of nitrogens with zero attached hydrogens (tertiary/aromatic N) is 2. The summed E-state index contributed by atoms with van der Waals surface area (Å²) in [6, 6.07) is 15.8. The Morgan fingerprint density at radius 1 is 0.977 bits per heavy atom. The van der Waals surface area contributed by atoms with Crippen molar-refractivity contribution in [3.05, 3.63) is 82.3 Å². The standard InChI is InChI=1S/C35H40N4O5/c1-21(2)29(37-34(42)44-35(4,5)6)33(41)43-26-19-17-24(18-20-26)27-22(3)36-31-28(23-13-9-7-10-14-23)30(38-39(31)32(27)40)25-15-11-8-12-16-25/h8,11-13,15-21,29,36H,7,9-10,14H2,1-6H3,(H,37,42). The first-order valence-corrected chi connectivity index (χ1v) is 15.1. The van der Waals surface area contributed by atoms with Gasteiger partial charge in [0.05, 0.1) is 5.56 Å². The first kappa shape index (κ1) is 30.8. The maximum atomic E-state index is 14.0. The number of hydrogen-bond donors (Lipinski definition) is 2. The highest BCUT2D eigenvalue weighted by molar-refractivity contribution is 5.88. The number of rotatable bonds is 7. The first-order valence-electron chi connectivity index (χ1n) is 15.1. The van der Waals surface area contributed by atoms with E-state index in [1.165, 1.54) is 10.1 Å². The van der Waals surface area contributed by atoms with Gasteiger partial charge in [-0.2, -0.15) is 9.61 Å². The van der Waals surface area contributed by atoms with E-state index in [9.17, 15) is 14.4 Å². The Kier molecular flexibility index (Phi) is 8.76. The third-order valence-electron chi connectivity index (χ3n) is 7.59. The van der Waals surface area contributed by atoms with E-state index in [-0.39, 0.29) is 11.5 Å². The lowest BCUT2D eigenvalue weighted by molar-refractivity contribution is -0.137. The van der Waals surface area contributed by atoms with E-state index in [1.54, 1.807) is 45.0 Å². The van der Waals surface area contributed by atoms with Gasteiger partial charge in [-0.1, -0.05) is 62.4 Å². The van der Waals surface area contributed by atoms with Gasteiger partial charge in [0.1, 0.15) is 28.7 Å². The van der Waals surface area contributed by atoms with Gasteiger partial charge in [-0.15, -0.1) is 0 Å². The average molecular weight is 597 g/mol. The Labute approximate surface area is 257 Å². The Morgan fingerprint density at radius 2 is 1.68 bits per heavy atom. The van der Waals surface area contributed by atoms with Gasteiger partial charge in [0, 0.05) is 16.8 Å². The van der Waals surface area contributed by atoms with E-state index in [4.69, 9.17) is 14.6 Å². The number of carbonyl (C=O) groups excluding carboxylic acids is 2. The molecule has 0 saturated heterocycles. The van der Waals surface area contributed by atoms with E-state index in [2.05, 4.69) is 16.4 Å². The number of allylic oxidation sites excluding steroid dienone is 2. The molecule has 2 heterocycles. The molecule has 9 heteroatoms. The molecule has 1 amide bonds. The summed E-state index contributed by atoms with van der Waals surface area (Å²) in [5.74, 6) is -0.544. The van der Waals surface area contributed by atoms with Gasteiger partial charge in [-0.25, -0.2) is 9.59 Å². The molecular formula is C35H40N4O5. The third kappa shape index (κ3) is 6.61. The summed E-state index contributed by atoms with van der Waals surface area (Å²) >= 11 is 0. The third-order valence-corrected chi connectivity index (χ3v) is 7.59. The smallest absolute Gasteiger partial charge is 0.408 e. The van der Waals surface area contributed by atoms with Crippen molar-refractivity contribution in [2.75, 3.05) is 0 Å². The number of alkyl carbamates (subject to hydrolysis) is 1. The number of ether oxygens (including phenoxy) is 2. The van der Waals surface area contributed by atoms with Crippen LogP contribution in [0.4, 0.5) is 4.79 Å². The molecule has 2 aromatic carbocycles. The van der Waals surface area contributed by atoms with E-state index in [0.717, 1.165) is 42.5 Å². The molecule has 0 fully saturated rings. The molecule has 5 rings (SSSR count). The maximum absolute atomic E-state index is 14.0. The van der Waals surface area contributed by atoms with Gasteiger partial charge >= 0.3 is 12.1 Å². The molecule has 1 aliphatic carbocycles. The highest BCUT2D eigenvalue weighted by Crippen LogP contribution is 2.36. The molecule has 1 aliphatic rings. The van der Waals surface area contributed by atoms with Crippen molar-refractivity contribution in [1.82, 2.24) is 19.9 Å². The average Bonchev–Trinajstić information content (AvgIpc) is 3.36. The van der Waals surface area contributed by atoms with Gasteiger partial charge in [0.15, 0.2) is 0 Å². The normalized spacial score (nSPS) is 14.3. The number of esters is 1. The van der Waals surface area contributed by atoms with Gasteiger partial charge in [-0.3, -0.25) is 4.79 Å². The van der Waals surface area contributed by atoms with E-state index >= 15 is 0 Å². The quantitative estimate of drug-likeness (QED) is 0.174. The van der Waals surface area contributed by atoms with Crippen molar-refractivity contribution >= 4 is 23.3 Å². The number of benzene rings is 2. The van der Waals surface area contributed by atoms with Gasteiger partial charge in [-0.05, 0) is 82.6 Å². The zero-order valence-corrected chi connectivity index (χ0v) is 26.2. The molecule has 0 saturated carbocycles. The Bertz CT molecular complexity index is 1760. The molecule has 4 aromatic rings. The SMILES string of the molecule is Cc1[nH]c2c(C3=CCCCC3)c(-c3ccccc3)nn2c(=O)c1-c1ccc(OC(=O)C(NC(=O)OC(C)(C)C)C(C)C)cc1. The molecule has 0 bridgehead atoms. The Morgan fingerprint density at radius 3 is 2.30 bits per heavy atom. The highest BCUT2D eigenvalue weighted by Gasteiger charge is 2.29. The molecule has 0 spiro atoms. The Hall–Kier alpha value is -4.66. The lowest BCUT2D eigenvalue weighted by Gasteiger charge is -2.24. The number of aryl methyl sites for hydroxylation is 1. The van der Waals surface area contributed by atoms with Gasteiger partial charge < -0.3 is 19.8 Å². The van der Waals surface area contributed by atoms with Crippen LogP contribution in [0.3, 0.4) is 0 Å². The number of amides is 1. The summed E-state index contributed by atoms with van der Waals surface area (Å²) in [7, 11) is 0. The molecule has 0 radical (unpaired) electrons. The van der Waals surface area contributed by atoms with Crippen molar-refractivity contribution < 1.29 is 19.1 Å². The molecule has 2 aromatic heterocycles. The summed E-state index contributed by atoms with van der Waals surface area (Å²) in [6.07, 6.45) is 5.78. The second-order valence-corrected chi connectivity index (χ2v) is 12.6. The van der Waals surface area contributed by atoms with Crippen LogP contribution < -0.4 is 15.6 Å². The molecular weight excluding hydrogens is 556 g/mol. The van der Waals surface area contributed by atoms with Crippen LogP contribution in [-0.4, -0.2) is 38.3 Å². The summed E-state index contributed by atoms with van der Waals surface area (Å²) < 4.78 is 12.4. The van der Waals surface area contributed by atoms with Crippen LogP contribution in [0.25, 0.3) is 33.6 Å². The van der Waals surface area contributed by atoms with E-state index < -0.39 is 23.7 Å². The number of carbonyl (C=O) groups is 2. The zero-order valence-electron chi connectivity index (χ0n) is 26.2. The molecule has 0 aliphatic heterocycles. The van der Waals surface area contributed by atoms with Crippen molar-refractivity contribution in [1.29, 1.82) is 0 Å². The zero-order chi connectivity index (χ0) is 31.6. The van der Waals surface area contributed by atoms with Crippen LogP contribution in [0.15, 0.2) is 65.5 Å². The maximum Gasteiger partial charge on any atom is 0.408 e. The lowest BCUT2D eigenvalue weighted by atomic mass is 9.92. The Balaban J connectivity index is 1.46. The lowest BCUT2D eigenvalue weighted by Crippen LogP contribution is -2.48. The number of nitrogens with one attached hydrogen (secondary N) is 2. The minimum Gasteiger partial charge on any atom is -0.444 e. The largest absolute Gasteiger partial charge is 0.444 e. The fourth-order valence-electron chi connectivity index (χ4n) is 5.50. The van der Waals surface area contributed by atoms with Crippen LogP contribution in [0.1, 0.15) is 71.6 Å². The summed E-state index contributed by atoms with van der Waals surface area (Å²) in [4.78, 5) is 42.7. The fourth-order valence-corrected chi connectivity index (χ4v) is 5.50. The summed E-state index contributed by atoms with van der Waals surface area (Å²) in [5, 5.41) is 7.45. The van der Waals surface area contributed by atoms with E-state index in [1.807, 2.05) is 51.1 Å². The molecule has 44 heavy (non-hydrogen) atoms. The number of aromatic nitrogens is 3. The van der Waals surface area contributed by atoms with Crippen LogP contribution in [0, 0.1) is 12.8 Å². The molecule has 230 valence electrons. The minimum absolute atomic E-state index is 0.230. The number of H-pyrrole nitrogens is 1. The second-order valence-electron chi connectivity index (χ2n) is 12.6. The summed E-state index contributed by atoms with van der Waals surface area (Å²) in [6.45, 7) is 10.8. The molecule has 9 nitrogen and oxygen atoms in total. The molecule has 1 unspecified atom stereocenters. The van der Waals surface area contributed by atoms with Crippen molar-refractivity contribution in [3.8, 4) is 28.1 Å². The monoisotopic (exact) mass is 596 g/mol. The minimum atomic E-state index is -0.899. The van der Waals surface area contributed by atoms with Gasteiger partial charge in [0.25, 0.3) is 5.56 Å². The molecule has 1 atom stereocenters. The van der Waals surface area contributed by atoms with E-state index in [0.29, 0.717) is 28.2 Å². The predicted octanol–water partition coefficient (Wildman–Crippen LogP) is 7.08. The second kappa shape index (κ2) is 12.5. The van der Waals surface area contributed by atoms with Crippen LogP contribution in [0.2, 0.25) is 0 Å². The van der Waals surface area contributed by atoms with Crippen molar-refractivity contribution in [2.45, 2.75) is 78.9 Å². The topological polar surface area (TPSA) is 115 Å². The van der Waals surface area contributed by atoms with Crippen LogP contribution in [0.5, 0.6) is 5.75 Å². The van der Waals surface area contributed by atoms with Crippen LogP contribution >= 0.6 is 0 Å². The predicted molar refractivity (Wildman–Crippen MR) is 171 cm³/mol. The first-order chi connectivity index (χ1) is 20.9. The highest BCUT2D eigenvalue weighted by atomic mass is 16.6. The summed E-state index contributed by atoms with van der Waals surface area (Å²) in [5.41, 5.74) is 5.53. The van der Waals surface area contributed by atoms with Crippen LogP contribution in [-0.2, 0) is 9.53 Å². The number of fused-ring (bicyclic) bond motifs is 1.